The smallest absolute Gasteiger partial charge is 0.350 e. The summed E-state index contributed by atoms with van der Waals surface area (Å²) in [5, 5.41) is 13.1. The van der Waals surface area contributed by atoms with Crippen molar-refractivity contribution >= 4 is 10.9 Å². The summed E-state index contributed by atoms with van der Waals surface area (Å²) in [6, 6.07) is 5.95. The van der Waals surface area contributed by atoms with Crippen LogP contribution in [0.1, 0.15) is 57.2 Å². The molecular weight excluding hydrogens is 408 g/mol. The second kappa shape index (κ2) is 8.60. The maximum atomic E-state index is 13.0. The van der Waals surface area contributed by atoms with Crippen LogP contribution >= 0.6 is 0 Å². The summed E-state index contributed by atoms with van der Waals surface area (Å²) < 4.78 is 8.29. The zero-order chi connectivity index (χ0) is 23.0. The van der Waals surface area contributed by atoms with Gasteiger partial charge in [0.25, 0.3) is 5.56 Å². The van der Waals surface area contributed by atoms with Crippen LogP contribution in [0.3, 0.4) is 0 Å². The van der Waals surface area contributed by atoms with Crippen LogP contribution in [0, 0.1) is 16.7 Å². The van der Waals surface area contributed by atoms with E-state index in [2.05, 4.69) is 30.1 Å². The highest BCUT2D eigenvalue weighted by Crippen LogP contribution is 2.48. The van der Waals surface area contributed by atoms with Crippen molar-refractivity contribution in [1.29, 1.82) is 5.26 Å². The number of hydrogen-bond acceptors (Lipinski definition) is 7. The average Bonchev–Trinajstić information content (AvgIpc) is 3.53. The van der Waals surface area contributed by atoms with Crippen molar-refractivity contribution in [3.05, 3.63) is 38.5 Å². The Hall–Kier alpha value is -2.83. The lowest BCUT2D eigenvalue weighted by molar-refractivity contribution is 0.0913. The second-order valence-corrected chi connectivity index (χ2v) is 9.16. The van der Waals surface area contributed by atoms with E-state index in [0.717, 1.165) is 44.5 Å². The van der Waals surface area contributed by atoms with Gasteiger partial charge in [0.2, 0.25) is 0 Å². The molecule has 1 aromatic heterocycles. The molecule has 1 saturated carbocycles. The van der Waals surface area contributed by atoms with Crippen molar-refractivity contribution in [2.45, 2.75) is 51.6 Å². The number of hydrogen-bond donors (Lipinski definition) is 2. The van der Waals surface area contributed by atoms with Gasteiger partial charge in [0.1, 0.15) is 11.3 Å². The Labute approximate surface area is 187 Å². The first kappa shape index (κ1) is 22.4. The Bertz CT molecular complexity index is 1170. The topological polar surface area (TPSA) is 118 Å². The van der Waals surface area contributed by atoms with Crippen LogP contribution in [0.4, 0.5) is 0 Å². The van der Waals surface area contributed by atoms with Crippen LogP contribution in [0.15, 0.2) is 21.7 Å². The highest BCUT2D eigenvalue weighted by atomic mass is 16.5. The van der Waals surface area contributed by atoms with Crippen LogP contribution in [-0.2, 0) is 0 Å². The van der Waals surface area contributed by atoms with Crippen LogP contribution in [0.25, 0.3) is 10.9 Å². The number of rotatable bonds is 8. The molecule has 0 spiro atoms. The summed E-state index contributed by atoms with van der Waals surface area (Å²) in [6.45, 7) is 7.50. The van der Waals surface area contributed by atoms with Gasteiger partial charge in [0, 0.05) is 42.6 Å². The molecule has 32 heavy (non-hydrogen) atoms. The summed E-state index contributed by atoms with van der Waals surface area (Å²) in [4.78, 5) is 28.1. The van der Waals surface area contributed by atoms with E-state index in [1.807, 2.05) is 6.07 Å². The van der Waals surface area contributed by atoms with Crippen molar-refractivity contribution in [3.8, 4) is 11.8 Å². The first-order valence-electron chi connectivity index (χ1n) is 11.3. The van der Waals surface area contributed by atoms with Crippen molar-refractivity contribution in [3.63, 3.8) is 0 Å². The molecule has 2 unspecified atom stereocenters. The summed E-state index contributed by atoms with van der Waals surface area (Å²) in [7, 11) is 1.59. The molecule has 2 aromatic rings. The number of benzene rings is 1. The normalized spacial score (nSPS) is 21.7. The fourth-order valence-corrected chi connectivity index (χ4v) is 5.27. The minimum Gasteiger partial charge on any atom is -0.494 e. The van der Waals surface area contributed by atoms with E-state index in [0.29, 0.717) is 34.3 Å². The lowest BCUT2D eigenvalue weighted by Crippen LogP contribution is -2.45. The quantitative estimate of drug-likeness (QED) is 0.597. The number of nitrogens with two attached hydrogens (primary N) is 1. The number of methoxy groups -OCH3 is 1. The first-order valence-corrected chi connectivity index (χ1v) is 11.3. The minimum absolute atomic E-state index is 0.0209. The maximum absolute atomic E-state index is 13.0. The molecule has 172 valence electrons. The van der Waals surface area contributed by atoms with E-state index < -0.39 is 11.2 Å². The molecule has 2 heterocycles. The Morgan fingerprint density at radius 3 is 2.72 bits per heavy atom. The predicted molar refractivity (Wildman–Crippen MR) is 123 cm³/mol. The summed E-state index contributed by atoms with van der Waals surface area (Å²) in [5.41, 5.74) is 0.338. The molecule has 9 heteroatoms. The maximum Gasteiger partial charge on any atom is 0.350 e. The molecule has 0 radical (unpaired) electrons. The molecule has 1 aliphatic carbocycles. The number of nitrogen functional groups attached to an aromatic ring is 1. The predicted octanol–water partition coefficient (Wildman–Crippen LogP) is 1.50. The third kappa shape index (κ3) is 3.57. The highest BCUT2D eigenvalue weighted by molar-refractivity contribution is 5.86. The molecule has 1 aromatic carbocycles. The van der Waals surface area contributed by atoms with E-state index in [4.69, 9.17) is 10.6 Å². The van der Waals surface area contributed by atoms with Gasteiger partial charge in [-0.15, -0.1) is 0 Å². The number of nitrogens with one attached hydrogen (secondary N) is 1. The van der Waals surface area contributed by atoms with Gasteiger partial charge in [-0.1, -0.05) is 19.9 Å². The Kier molecular flexibility index (Phi) is 6.01. The van der Waals surface area contributed by atoms with Crippen molar-refractivity contribution < 1.29 is 4.74 Å². The van der Waals surface area contributed by atoms with Gasteiger partial charge in [-0.25, -0.2) is 4.79 Å². The molecule has 2 atom stereocenters. The molecule has 1 saturated heterocycles. The third-order valence-corrected chi connectivity index (χ3v) is 7.02. The monoisotopic (exact) mass is 440 g/mol. The lowest BCUT2D eigenvalue weighted by atomic mass is 9.76. The highest BCUT2D eigenvalue weighted by Gasteiger charge is 2.43. The Morgan fingerprint density at radius 1 is 1.41 bits per heavy atom. The van der Waals surface area contributed by atoms with Crippen LogP contribution in [-0.4, -0.2) is 47.4 Å². The second-order valence-electron chi connectivity index (χ2n) is 9.16. The largest absolute Gasteiger partial charge is 0.494 e. The summed E-state index contributed by atoms with van der Waals surface area (Å²) in [6.07, 6.45) is 3.14. The molecule has 3 N–H and O–H groups in total. The standard InChI is InChI=1S/C23H32N6O3/c1-4-27(13-5-11-24)20(23(2)10-12-26-14-23)17-9-8-16-18(19(17)32-3)28(15-6-7-15)22(31)29(25)21(16)30/h8-9,15,20,26H,4-7,10,12-14,25H2,1-3H3. The van der Waals surface area contributed by atoms with Gasteiger partial charge in [0.05, 0.1) is 18.6 Å². The molecule has 2 fully saturated rings. The average molecular weight is 441 g/mol. The molecule has 4 rings (SSSR count). The molecule has 2 aliphatic rings. The zero-order valence-corrected chi connectivity index (χ0v) is 19.1. The summed E-state index contributed by atoms with van der Waals surface area (Å²) in [5.74, 6) is 6.39. The van der Waals surface area contributed by atoms with Gasteiger partial charge in [0.15, 0.2) is 0 Å². The van der Waals surface area contributed by atoms with E-state index in [1.54, 1.807) is 17.7 Å². The fraction of sp³-hybridized carbons (Fsp3) is 0.609. The van der Waals surface area contributed by atoms with E-state index in [-0.39, 0.29) is 17.5 Å². The number of ether oxygens (including phenoxy) is 1. The lowest BCUT2D eigenvalue weighted by Gasteiger charge is -2.42. The van der Waals surface area contributed by atoms with Gasteiger partial charge < -0.3 is 15.9 Å². The SMILES string of the molecule is CCN(CCC#N)C(c1ccc2c(=O)n(N)c(=O)n(C3CC3)c2c1OC)C1(C)CCNC1. The van der Waals surface area contributed by atoms with Gasteiger partial charge >= 0.3 is 5.69 Å². The van der Waals surface area contributed by atoms with Crippen molar-refractivity contribution in [2.75, 3.05) is 39.1 Å². The van der Waals surface area contributed by atoms with Gasteiger partial charge in [-0.3, -0.25) is 14.3 Å². The molecule has 9 nitrogen and oxygen atoms in total. The first-order chi connectivity index (χ1) is 15.4. The third-order valence-electron chi connectivity index (χ3n) is 7.02. The van der Waals surface area contributed by atoms with E-state index >= 15 is 0 Å². The van der Waals surface area contributed by atoms with Crippen LogP contribution in [0.5, 0.6) is 5.75 Å². The van der Waals surface area contributed by atoms with Crippen molar-refractivity contribution in [1.82, 2.24) is 19.5 Å². The Balaban J connectivity index is 2.02. The number of fused-ring (bicyclic) bond motifs is 1. The number of aromatic nitrogens is 2. The molecule has 1 aliphatic heterocycles. The van der Waals surface area contributed by atoms with E-state index in [1.165, 1.54) is 0 Å². The molecule has 0 amide bonds. The fourth-order valence-electron chi connectivity index (χ4n) is 5.27. The number of nitrogens with zero attached hydrogens (tertiary/aromatic N) is 4. The van der Waals surface area contributed by atoms with Crippen LogP contribution in [0.2, 0.25) is 0 Å². The summed E-state index contributed by atoms with van der Waals surface area (Å²) >= 11 is 0. The number of nitriles is 1. The molecule has 0 bridgehead atoms. The Morgan fingerprint density at radius 2 is 2.16 bits per heavy atom. The van der Waals surface area contributed by atoms with Crippen molar-refractivity contribution in [2.24, 2.45) is 5.41 Å². The van der Waals surface area contributed by atoms with Gasteiger partial charge in [-0.2, -0.15) is 9.94 Å². The zero-order valence-electron chi connectivity index (χ0n) is 19.1. The van der Waals surface area contributed by atoms with E-state index in [9.17, 15) is 14.9 Å². The van der Waals surface area contributed by atoms with Crippen LogP contribution < -0.4 is 27.1 Å². The van der Waals surface area contributed by atoms with Gasteiger partial charge in [-0.05, 0) is 38.4 Å². The molecular formula is C23H32N6O3. The minimum atomic E-state index is -0.520.